The van der Waals surface area contributed by atoms with E-state index in [0.717, 1.165) is 16.4 Å². The van der Waals surface area contributed by atoms with E-state index in [2.05, 4.69) is 9.97 Å². The number of benzene rings is 1. The van der Waals surface area contributed by atoms with Crippen LogP contribution in [0.25, 0.3) is 10.7 Å². The quantitative estimate of drug-likeness (QED) is 0.627. The Hall–Kier alpha value is -3.06. The number of thiazole rings is 1. The first-order valence-electron chi connectivity index (χ1n) is 7.96. The zero-order valence-corrected chi connectivity index (χ0v) is 15.0. The third kappa shape index (κ3) is 4.52. The van der Waals surface area contributed by atoms with Gasteiger partial charge in [0.05, 0.1) is 17.8 Å². The molecule has 0 aliphatic heterocycles. The Balaban J connectivity index is 1.52. The number of pyridine rings is 1. The van der Waals surface area contributed by atoms with Crippen molar-refractivity contribution in [3.8, 4) is 10.7 Å². The van der Waals surface area contributed by atoms with Gasteiger partial charge in [0.25, 0.3) is 5.91 Å². The molecule has 0 unspecified atom stereocenters. The Kier molecular flexibility index (Phi) is 5.70. The first kappa shape index (κ1) is 17.8. The van der Waals surface area contributed by atoms with Gasteiger partial charge in [-0.1, -0.05) is 24.3 Å². The highest BCUT2D eigenvalue weighted by atomic mass is 32.1. The number of amides is 1. The minimum atomic E-state index is -0.488. The highest BCUT2D eigenvalue weighted by Gasteiger charge is 2.15. The van der Waals surface area contributed by atoms with Gasteiger partial charge in [-0.05, 0) is 24.3 Å². The average Bonchev–Trinajstić information content (AvgIpc) is 3.15. The number of ether oxygens (including phenoxy) is 1. The minimum absolute atomic E-state index is 0.0195. The van der Waals surface area contributed by atoms with Crippen LogP contribution in [0.15, 0.2) is 60.1 Å². The van der Waals surface area contributed by atoms with Crippen LogP contribution in [0.1, 0.15) is 5.69 Å². The van der Waals surface area contributed by atoms with Crippen molar-refractivity contribution in [1.29, 1.82) is 0 Å². The second-order valence-corrected chi connectivity index (χ2v) is 6.34. The summed E-state index contributed by atoms with van der Waals surface area (Å²) in [5.74, 6) is -0.783. The summed E-state index contributed by atoms with van der Waals surface area (Å²) in [4.78, 5) is 34.2. The van der Waals surface area contributed by atoms with Crippen LogP contribution in [-0.4, -0.2) is 35.5 Å². The van der Waals surface area contributed by atoms with Gasteiger partial charge in [0.15, 0.2) is 6.61 Å². The van der Waals surface area contributed by atoms with Crippen molar-refractivity contribution >= 4 is 28.9 Å². The fourth-order valence-corrected chi connectivity index (χ4v) is 3.02. The molecule has 26 heavy (non-hydrogen) atoms. The first-order valence-corrected chi connectivity index (χ1v) is 8.84. The number of hydrogen-bond donors (Lipinski definition) is 0. The van der Waals surface area contributed by atoms with Gasteiger partial charge >= 0.3 is 5.97 Å². The summed E-state index contributed by atoms with van der Waals surface area (Å²) >= 11 is 1.41. The van der Waals surface area contributed by atoms with Gasteiger partial charge in [0.1, 0.15) is 5.01 Å². The molecule has 0 saturated heterocycles. The number of hydrogen-bond acceptors (Lipinski definition) is 6. The van der Waals surface area contributed by atoms with Crippen molar-refractivity contribution in [2.75, 3.05) is 18.6 Å². The Morgan fingerprint density at radius 1 is 1.12 bits per heavy atom. The summed E-state index contributed by atoms with van der Waals surface area (Å²) in [7, 11) is 1.64. The molecule has 0 atom stereocenters. The van der Waals surface area contributed by atoms with Crippen molar-refractivity contribution in [3.05, 3.63) is 65.8 Å². The van der Waals surface area contributed by atoms with E-state index in [9.17, 15) is 9.59 Å². The molecule has 1 aromatic carbocycles. The number of aromatic nitrogens is 2. The number of likely N-dealkylation sites (N-methyl/N-ethyl adjacent to an activating group) is 1. The number of nitrogens with zero attached hydrogens (tertiary/aromatic N) is 3. The first-order chi connectivity index (χ1) is 12.6. The monoisotopic (exact) mass is 367 g/mol. The van der Waals surface area contributed by atoms with E-state index < -0.39 is 5.97 Å². The summed E-state index contributed by atoms with van der Waals surface area (Å²) < 4.78 is 5.08. The predicted octanol–water partition coefficient (Wildman–Crippen LogP) is 2.95. The molecule has 0 aliphatic carbocycles. The fourth-order valence-electron chi connectivity index (χ4n) is 2.23. The topological polar surface area (TPSA) is 72.4 Å². The molecule has 132 valence electrons. The molecule has 2 heterocycles. The van der Waals surface area contributed by atoms with Crippen LogP contribution in [0, 0.1) is 0 Å². The average molecular weight is 367 g/mol. The van der Waals surface area contributed by atoms with Crippen LogP contribution in [0.5, 0.6) is 0 Å². The molecule has 1 amide bonds. The zero-order chi connectivity index (χ0) is 18.4. The van der Waals surface area contributed by atoms with Crippen molar-refractivity contribution in [2.24, 2.45) is 0 Å². The Bertz CT molecular complexity index is 881. The molecule has 7 heteroatoms. The van der Waals surface area contributed by atoms with Gasteiger partial charge in [-0.25, -0.2) is 4.98 Å². The fraction of sp³-hybridized carbons (Fsp3) is 0.158. The number of esters is 1. The SMILES string of the molecule is CN(C(=O)COC(=O)Cc1csc(-c2ccccn2)n1)c1ccccc1. The predicted molar refractivity (Wildman–Crippen MR) is 99.9 cm³/mol. The standard InChI is InChI=1S/C19H17N3O3S/c1-22(15-7-3-2-4-8-15)17(23)12-25-18(24)11-14-13-26-19(21-14)16-9-5-6-10-20-16/h2-10,13H,11-12H2,1H3. The van der Waals surface area contributed by atoms with E-state index >= 15 is 0 Å². The van der Waals surface area contributed by atoms with E-state index in [1.165, 1.54) is 16.2 Å². The second kappa shape index (κ2) is 8.35. The molecule has 6 nitrogen and oxygen atoms in total. The molecule has 3 rings (SSSR count). The third-order valence-electron chi connectivity index (χ3n) is 3.64. The number of para-hydroxylation sites is 1. The van der Waals surface area contributed by atoms with E-state index in [1.807, 2.05) is 48.5 Å². The van der Waals surface area contributed by atoms with Crippen LogP contribution in [-0.2, 0) is 20.7 Å². The van der Waals surface area contributed by atoms with Gasteiger partial charge in [-0.2, -0.15) is 0 Å². The minimum Gasteiger partial charge on any atom is -0.455 e. The second-order valence-electron chi connectivity index (χ2n) is 5.48. The van der Waals surface area contributed by atoms with E-state index in [1.54, 1.807) is 18.6 Å². The third-order valence-corrected chi connectivity index (χ3v) is 4.55. The van der Waals surface area contributed by atoms with Gasteiger partial charge in [-0.15, -0.1) is 11.3 Å². The van der Waals surface area contributed by atoms with Crippen molar-refractivity contribution < 1.29 is 14.3 Å². The molecule has 0 radical (unpaired) electrons. The Morgan fingerprint density at radius 2 is 1.88 bits per heavy atom. The lowest BCUT2D eigenvalue weighted by molar-refractivity contribution is -0.147. The van der Waals surface area contributed by atoms with Gasteiger partial charge < -0.3 is 9.64 Å². The molecule has 0 spiro atoms. The smallest absolute Gasteiger partial charge is 0.312 e. The van der Waals surface area contributed by atoms with Gasteiger partial charge in [0, 0.05) is 24.3 Å². The van der Waals surface area contributed by atoms with E-state index in [0.29, 0.717) is 5.69 Å². The van der Waals surface area contributed by atoms with Crippen LogP contribution in [0.2, 0.25) is 0 Å². The number of anilines is 1. The lowest BCUT2D eigenvalue weighted by atomic mass is 10.3. The van der Waals surface area contributed by atoms with Crippen molar-refractivity contribution in [3.63, 3.8) is 0 Å². The number of carbonyl (C=O) groups excluding carboxylic acids is 2. The summed E-state index contributed by atoms with van der Waals surface area (Å²) in [6.07, 6.45) is 1.71. The van der Waals surface area contributed by atoms with Gasteiger partial charge in [0.2, 0.25) is 0 Å². The van der Waals surface area contributed by atoms with Crippen molar-refractivity contribution in [2.45, 2.75) is 6.42 Å². The maximum absolute atomic E-state index is 12.1. The summed E-state index contributed by atoms with van der Waals surface area (Å²) in [5.41, 5.74) is 2.11. The van der Waals surface area contributed by atoms with E-state index in [-0.39, 0.29) is 18.9 Å². The van der Waals surface area contributed by atoms with Crippen LogP contribution >= 0.6 is 11.3 Å². The highest BCUT2D eigenvalue weighted by molar-refractivity contribution is 7.13. The molecule has 0 saturated carbocycles. The Morgan fingerprint density at radius 3 is 2.62 bits per heavy atom. The molecular formula is C19H17N3O3S. The van der Waals surface area contributed by atoms with Gasteiger partial charge in [-0.3, -0.25) is 14.6 Å². The maximum Gasteiger partial charge on any atom is 0.312 e. The molecule has 0 N–H and O–H groups in total. The lowest BCUT2D eigenvalue weighted by Crippen LogP contribution is -2.31. The molecular weight excluding hydrogens is 350 g/mol. The molecule has 2 aromatic heterocycles. The normalized spacial score (nSPS) is 10.3. The molecule has 0 aliphatic rings. The van der Waals surface area contributed by atoms with Crippen molar-refractivity contribution in [1.82, 2.24) is 9.97 Å². The summed E-state index contributed by atoms with van der Waals surface area (Å²) in [5, 5.41) is 2.54. The summed E-state index contributed by atoms with van der Waals surface area (Å²) in [6.45, 7) is -0.304. The maximum atomic E-state index is 12.1. The highest BCUT2D eigenvalue weighted by Crippen LogP contribution is 2.21. The zero-order valence-electron chi connectivity index (χ0n) is 14.2. The lowest BCUT2D eigenvalue weighted by Gasteiger charge is -2.16. The number of rotatable bonds is 6. The molecule has 3 aromatic rings. The molecule has 0 fully saturated rings. The molecule has 0 bridgehead atoms. The van der Waals surface area contributed by atoms with Crippen LogP contribution < -0.4 is 4.90 Å². The Labute approximate surface area is 155 Å². The largest absolute Gasteiger partial charge is 0.455 e. The summed E-state index contributed by atoms with van der Waals surface area (Å²) in [6, 6.07) is 14.8. The van der Waals surface area contributed by atoms with Crippen LogP contribution in [0.4, 0.5) is 5.69 Å². The van der Waals surface area contributed by atoms with E-state index in [4.69, 9.17) is 4.74 Å². The van der Waals surface area contributed by atoms with Crippen LogP contribution in [0.3, 0.4) is 0 Å². The number of carbonyl (C=O) groups is 2.